The van der Waals surface area contributed by atoms with Gasteiger partial charge in [-0.15, -0.1) is 0 Å². The molecule has 0 heterocycles. The fourth-order valence-electron chi connectivity index (χ4n) is 1.72. The number of anilines is 1. The third kappa shape index (κ3) is 2.30. The number of hydrogen-bond acceptors (Lipinski definition) is 2. The van der Waals surface area contributed by atoms with Crippen LogP contribution in [0.4, 0.5) is 5.69 Å². The monoisotopic (exact) mass is 204 g/mol. The van der Waals surface area contributed by atoms with Crippen molar-refractivity contribution < 1.29 is 1.43 Å². The maximum Gasteiger partial charge on any atom is 0.0991 e. The molecule has 0 amide bonds. The summed E-state index contributed by atoms with van der Waals surface area (Å²) in [6, 6.07) is 5.98. The van der Waals surface area contributed by atoms with Gasteiger partial charge in [-0.25, -0.2) is 0 Å². The minimum Gasteiger partial charge on any atom is -0.398 e. The third-order valence-corrected chi connectivity index (χ3v) is 2.62. The van der Waals surface area contributed by atoms with Crippen LogP contribution in [0.15, 0.2) is 12.1 Å². The van der Waals surface area contributed by atoms with Crippen LogP contribution in [0.3, 0.4) is 0 Å². The maximum absolute atomic E-state index is 8.95. The summed E-state index contributed by atoms with van der Waals surface area (Å²) < 4.78 is 0. The molecule has 82 valence electrons. The highest BCUT2D eigenvalue weighted by Gasteiger charge is 2.12. The van der Waals surface area contributed by atoms with Gasteiger partial charge in [-0.3, -0.25) is 0 Å². The summed E-state index contributed by atoms with van der Waals surface area (Å²) >= 11 is 0. The zero-order valence-electron chi connectivity index (χ0n) is 9.83. The molecule has 0 saturated carbocycles. The van der Waals surface area contributed by atoms with Gasteiger partial charge in [0.15, 0.2) is 0 Å². The van der Waals surface area contributed by atoms with Crippen LogP contribution >= 0.6 is 0 Å². The van der Waals surface area contributed by atoms with Gasteiger partial charge in [-0.1, -0.05) is 27.7 Å². The van der Waals surface area contributed by atoms with Gasteiger partial charge in [-0.05, 0) is 35.1 Å². The van der Waals surface area contributed by atoms with E-state index < -0.39 is 0 Å². The van der Waals surface area contributed by atoms with E-state index in [9.17, 15) is 0 Å². The lowest BCUT2D eigenvalue weighted by atomic mass is 9.91. The topological polar surface area (TPSA) is 49.8 Å². The fourth-order valence-corrected chi connectivity index (χ4v) is 1.72. The molecule has 1 rings (SSSR count). The van der Waals surface area contributed by atoms with Crippen molar-refractivity contribution in [2.24, 2.45) is 0 Å². The average Bonchev–Trinajstić information content (AvgIpc) is 2.17. The van der Waals surface area contributed by atoms with Gasteiger partial charge in [0.2, 0.25) is 0 Å². The highest BCUT2D eigenvalue weighted by molar-refractivity contribution is 5.59. The van der Waals surface area contributed by atoms with Crippen LogP contribution in [0.2, 0.25) is 0 Å². The van der Waals surface area contributed by atoms with Crippen LogP contribution in [0.5, 0.6) is 0 Å². The number of nitrogen functional groups attached to an aromatic ring is 1. The standard InChI is InChI=1S/C13H18N2.H2/c1-8(2)11-5-10(7-14)6-12(9(3)4)13(11)15;/h5-6,8-9H,15H2,1-4H3;1H. The first-order valence-electron chi connectivity index (χ1n) is 5.30. The molecule has 0 fully saturated rings. The Labute approximate surface area is 93.2 Å². The minimum atomic E-state index is 0. The van der Waals surface area contributed by atoms with Gasteiger partial charge in [0, 0.05) is 7.11 Å². The van der Waals surface area contributed by atoms with Crippen LogP contribution in [-0.2, 0) is 0 Å². The number of hydrogen-bond donors (Lipinski definition) is 1. The van der Waals surface area contributed by atoms with E-state index >= 15 is 0 Å². The van der Waals surface area contributed by atoms with Crippen LogP contribution < -0.4 is 5.73 Å². The maximum atomic E-state index is 8.95. The molecule has 0 aliphatic carbocycles. The molecule has 0 bridgehead atoms. The van der Waals surface area contributed by atoms with Gasteiger partial charge >= 0.3 is 0 Å². The lowest BCUT2D eigenvalue weighted by molar-refractivity contribution is 0.838. The predicted molar refractivity (Wildman–Crippen MR) is 65.9 cm³/mol. The Balaban J connectivity index is 0.00000225. The molecular formula is C13H20N2. The Morgan fingerprint density at radius 3 is 1.80 bits per heavy atom. The smallest absolute Gasteiger partial charge is 0.0991 e. The molecule has 0 aliphatic rings. The number of benzene rings is 1. The van der Waals surface area contributed by atoms with Crippen LogP contribution in [0.1, 0.15) is 57.6 Å². The quantitative estimate of drug-likeness (QED) is 0.748. The molecule has 0 atom stereocenters. The van der Waals surface area contributed by atoms with Crippen molar-refractivity contribution in [3.05, 3.63) is 28.8 Å². The summed E-state index contributed by atoms with van der Waals surface area (Å²) in [6.07, 6.45) is 0. The van der Waals surface area contributed by atoms with Crippen molar-refractivity contribution in [1.29, 1.82) is 5.26 Å². The van der Waals surface area contributed by atoms with E-state index in [1.54, 1.807) is 0 Å². The van der Waals surface area contributed by atoms with Crippen LogP contribution in [0, 0.1) is 11.3 Å². The molecule has 2 N–H and O–H groups in total. The van der Waals surface area contributed by atoms with Crippen LogP contribution in [0.25, 0.3) is 0 Å². The lowest BCUT2D eigenvalue weighted by Gasteiger charge is -2.16. The van der Waals surface area contributed by atoms with Gasteiger partial charge in [0.25, 0.3) is 0 Å². The first kappa shape index (κ1) is 11.6. The molecule has 0 saturated heterocycles. The second-order valence-electron chi connectivity index (χ2n) is 4.49. The molecule has 1 aromatic rings. The number of nitrogens with two attached hydrogens (primary N) is 1. The minimum absolute atomic E-state index is 0. The Hall–Kier alpha value is -1.49. The van der Waals surface area contributed by atoms with Crippen molar-refractivity contribution in [3.63, 3.8) is 0 Å². The first-order valence-corrected chi connectivity index (χ1v) is 5.30. The zero-order valence-corrected chi connectivity index (χ0v) is 9.83. The SMILES string of the molecule is CC(C)c1cc(C#N)cc(C(C)C)c1N.[HH]. The largest absolute Gasteiger partial charge is 0.398 e. The summed E-state index contributed by atoms with van der Waals surface area (Å²) in [6.45, 7) is 8.38. The van der Waals surface area contributed by atoms with E-state index in [4.69, 9.17) is 11.0 Å². The van der Waals surface area contributed by atoms with E-state index in [1.807, 2.05) is 12.1 Å². The summed E-state index contributed by atoms with van der Waals surface area (Å²) in [5.41, 5.74) is 9.81. The van der Waals surface area contributed by atoms with Gasteiger partial charge in [0.1, 0.15) is 0 Å². The first-order chi connectivity index (χ1) is 6.97. The summed E-state index contributed by atoms with van der Waals surface area (Å²) in [5.74, 6) is 0.714. The summed E-state index contributed by atoms with van der Waals surface area (Å²) in [7, 11) is 0. The van der Waals surface area contributed by atoms with E-state index in [0.29, 0.717) is 17.4 Å². The second kappa shape index (κ2) is 4.35. The van der Waals surface area contributed by atoms with Crippen molar-refractivity contribution in [3.8, 4) is 6.07 Å². The Bertz CT molecular complexity index is 374. The molecule has 15 heavy (non-hydrogen) atoms. The van der Waals surface area contributed by atoms with Gasteiger partial charge in [0.05, 0.1) is 11.6 Å². The Kier molecular flexibility index (Phi) is 3.36. The van der Waals surface area contributed by atoms with Crippen molar-refractivity contribution in [1.82, 2.24) is 0 Å². The molecular weight excluding hydrogens is 184 g/mol. The summed E-state index contributed by atoms with van der Waals surface area (Å²) in [4.78, 5) is 0. The van der Waals surface area contributed by atoms with Gasteiger partial charge in [-0.2, -0.15) is 5.26 Å². The van der Waals surface area contributed by atoms with E-state index in [2.05, 4.69) is 33.8 Å². The predicted octanol–water partition coefficient (Wildman–Crippen LogP) is 3.63. The second-order valence-corrected chi connectivity index (χ2v) is 4.49. The van der Waals surface area contributed by atoms with Crippen molar-refractivity contribution in [2.75, 3.05) is 5.73 Å². The summed E-state index contributed by atoms with van der Waals surface area (Å²) in [5, 5.41) is 8.95. The molecule has 2 nitrogen and oxygen atoms in total. The molecule has 0 radical (unpaired) electrons. The fraction of sp³-hybridized carbons (Fsp3) is 0.462. The van der Waals surface area contributed by atoms with E-state index in [-0.39, 0.29) is 1.43 Å². The van der Waals surface area contributed by atoms with Crippen molar-refractivity contribution >= 4 is 5.69 Å². The highest BCUT2D eigenvalue weighted by atomic mass is 14.6. The molecule has 0 aliphatic heterocycles. The van der Waals surface area contributed by atoms with E-state index in [0.717, 1.165) is 16.8 Å². The Morgan fingerprint density at radius 2 is 1.53 bits per heavy atom. The molecule has 2 heteroatoms. The molecule has 0 unspecified atom stereocenters. The normalized spacial score (nSPS) is 10.7. The number of nitrogens with zero attached hydrogens (tertiary/aromatic N) is 1. The highest BCUT2D eigenvalue weighted by Crippen LogP contribution is 2.31. The molecule has 0 aromatic heterocycles. The van der Waals surface area contributed by atoms with E-state index in [1.165, 1.54) is 0 Å². The van der Waals surface area contributed by atoms with Gasteiger partial charge < -0.3 is 5.73 Å². The zero-order chi connectivity index (χ0) is 11.6. The molecule has 1 aromatic carbocycles. The Morgan fingerprint density at radius 1 is 1.13 bits per heavy atom. The van der Waals surface area contributed by atoms with Crippen molar-refractivity contribution in [2.45, 2.75) is 39.5 Å². The average molecular weight is 204 g/mol. The lowest BCUT2D eigenvalue weighted by Crippen LogP contribution is -2.04. The van der Waals surface area contributed by atoms with Crippen LogP contribution in [-0.4, -0.2) is 0 Å². The number of nitriles is 1. The third-order valence-electron chi connectivity index (χ3n) is 2.62. The number of rotatable bonds is 2. The molecule has 0 spiro atoms.